The summed E-state index contributed by atoms with van der Waals surface area (Å²) in [4.78, 5) is 0. The SMILES string of the molecule is c1ccc(-c2cc(-c3ccccc3)cc(-c3ccc(-n4c5ccccc5c5cc(-c6cccc(-n7c8ccccc8c8ccccc87)c6)ccc54)cc3)c2)cc1. The van der Waals surface area contributed by atoms with Crippen LogP contribution in [0.4, 0.5) is 0 Å². The Morgan fingerprint density at radius 3 is 1.14 bits per heavy atom. The lowest BCUT2D eigenvalue weighted by Crippen LogP contribution is -1.95. The molecule has 0 aliphatic rings. The molecule has 0 N–H and O–H groups in total. The largest absolute Gasteiger partial charge is 0.309 e. The van der Waals surface area contributed by atoms with Gasteiger partial charge in [0.2, 0.25) is 0 Å². The number of benzene rings is 9. The lowest BCUT2D eigenvalue weighted by Gasteiger charge is -2.13. The van der Waals surface area contributed by atoms with Gasteiger partial charge in [0.15, 0.2) is 0 Å². The van der Waals surface area contributed by atoms with E-state index in [9.17, 15) is 0 Å². The van der Waals surface area contributed by atoms with Gasteiger partial charge in [0.05, 0.1) is 22.1 Å². The van der Waals surface area contributed by atoms with E-state index < -0.39 is 0 Å². The van der Waals surface area contributed by atoms with Gasteiger partial charge in [0.25, 0.3) is 0 Å². The maximum Gasteiger partial charge on any atom is 0.0541 e. The van der Waals surface area contributed by atoms with Crippen molar-refractivity contribution in [3.05, 3.63) is 218 Å². The zero-order valence-corrected chi connectivity index (χ0v) is 30.7. The van der Waals surface area contributed by atoms with Crippen molar-refractivity contribution in [2.45, 2.75) is 0 Å². The van der Waals surface area contributed by atoms with E-state index in [4.69, 9.17) is 0 Å². The highest BCUT2D eigenvalue weighted by Crippen LogP contribution is 2.38. The molecular formula is C54H36N2. The highest BCUT2D eigenvalue weighted by molar-refractivity contribution is 6.11. The van der Waals surface area contributed by atoms with Crippen LogP contribution in [0.3, 0.4) is 0 Å². The highest BCUT2D eigenvalue weighted by atomic mass is 15.0. The van der Waals surface area contributed by atoms with Gasteiger partial charge in [-0.1, -0.05) is 146 Å². The summed E-state index contributed by atoms with van der Waals surface area (Å²) < 4.78 is 4.80. The van der Waals surface area contributed by atoms with E-state index in [0.29, 0.717) is 0 Å². The fourth-order valence-electron chi connectivity index (χ4n) is 8.65. The molecule has 0 aliphatic carbocycles. The van der Waals surface area contributed by atoms with Crippen LogP contribution in [-0.4, -0.2) is 9.13 Å². The first-order valence-electron chi connectivity index (χ1n) is 19.3. The maximum atomic E-state index is 2.41. The van der Waals surface area contributed by atoms with E-state index in [1.807, 2.05) is 0 Å². The average molecular weight is 713 g/mol. The summed E-state index contributed by atoms with van der Waals surface area (Å²) in [7, 11) is 0. The van der Waals surface area contributed by atoms with E-state index in [0.717, 1.165) is 11.4 Å². The third kappa shape index (κ3) is 5.34. The molecule has 56 heavy (non-hydrogen) atoms. The zero-order valence-electron chi connectivity index (χ0n) is 30.7. The molecular weight excluding hydrogens is 677 g/mol. The number of rotatable bonds is 6. The molecule has 0 spiro atoms. The number of nitrogens with zero attached hydrogens (tertiary/aromatic N) is 2. The van der Waals surface area contributed by atoms with Crippen molar-refractivity contribution < 1.29 is 0 Å². The minimum Gasteiger partial charge on any atom is -0.309 e. The van der Waals surface area contributed by atoms with Crippen molar-refractivity contribution in [1.29, 1.82) is 0 Å². The van der Waals surface area contributed by atoms with Gasteiger partial charge in [-0.25, -0.2) is 0 Å². The first-order valence-corrected chi connectivity index (χ1v) is 19.3. The van der Waals surface area contributed by atoms with E-state index in [1.165, 1.54) is 88.1 Å². The standard InChI is InChI=1S/C54H36N2/c1-3-14-37(15-4-1)42-32-43(38-16-5-2-6-17-38)34-44(33-42)39-26-29-45(30-27-39)55-53-25-12-9-22-49(53)50-36-41(28-31-54(50)55)40-18-13-19-46(35-40)56-51-23-10-7-20-47(51)48-21-8-11-24-52(48)56/h1-36H. The molecule has 0 amide bonds. The molecule has 0 fully saturated rings. The quantitative estimate of drug-likeness (QED) is 0.162. The number of para-hydroxylation sites is 3. The second-order valence-corrected chi connectivity index (χ2v) is 14.6. The second kappa shape index (κ2) is 13.2. The Morgan fingerprint density at radius 2 is 0.589 bits per heavy atom. The van der Waals surface area contributed by atoms with Crippen LogP contribution in [0.2, 0.25) is 0 Å². The molecule has 0 aliphatic heterocycles. The molecule has 2 heterocycles. The Bertz CT molecular complexity index is 3110. The van der Waals surface area contributed by atoms with Crippen molar-refractivity contribution in [3.8, 4) is 55.9 Å². The fourth-order valence-corrected chi connectivity index (χ4v) is 8.65. The van der Waals surface area contributed by atoms with Crippen LogP contribution in [0.25, 0.3) is 99.5 Å². The Hall–Kier alpha value is -7.42. The minimum atomic E-state index is 1.14. The third-order valence-electron chi connectivity index (χ3n) is 11.3. The van der Waals surface area contributed by atoms with Gasteiger partial charge in [0.1, 0.15) is 0 Å². The van der Waals surface area contributed by atoms with Gasteiger partial charge in [0, 0.05) is 32.9 Å². The van der Waals surface area contributed by atoms with Gasteiger partial charge < -0.3 is 9.13 Å². The highest BCUT2D eigenvalue weighted by Gasteiger charge is 2.16. The number of hydrogen-bond acceptors (Lipinski definition) is 0. The molecule has 11 aromatic rings. The third-order valence-corrected chi connectivity index (χ3v) is 11.3. The van der Waals surface area contributed by atoms with E-state index >= 15 is 0 Å². The van der Waals surface area contributed by atoms with Crippen LogP contribution in [0.5, 0.6) is 0 Å². The van der Waals surface area contributed by atoms with Crippen LogP contribution in [0, 0.1) is 0 Å². The number of hydrogen-bond donors (Lipinski definition) is 0. The summed E-state index contributed by atoms with van der Waals surface area (Å²) in [5, 5.41) is 5.03. The van der Waals surface area contributed by atoms with Crippen molar-refractivity contribution in [3.63, 3.8) is 0 Å². The molecule has 0 radical (unpaired) electrons. The second-order valence-electron chi connectivity index (χ2n) is 14.6. The molecule has 0 unspecified atom stereocenters. The van der Waals surface area contributed by atoms with Crippen LogP contribution >= 0.6 is 0 Å². The summed E-state index contributed by atoms with van der Waals surface area (Å²) >= 11 is 0. The molecule has 2 aromatic heterocycles. The van der Waals surface area contributed by atoms with Gasteiger partial charge in [-0.15, -0.1) is 0 Å². The van der Waals surface area contributed by atoms with Crippen LogP contribution < -0.4 is 0 Å². The first-order chi connectivity index (χ1) is 27.8. The molecule has 0 saturated carbocycles. The van der Waals surface area contributed by atoms with Crippen molar-refractivity contribution in [1.82, 2.24) is 9.13 Å². The summed E-state index contributed by atoms with van der Waals surface area (Å²) in [6, 6.07) is 79.4. The summed E-state index contributed by atoms with van der Waals surface area (Å²) in [5.74, 6) is 0. The van der Waals surface area contributed by atoms with Crippen LogP contribution in [0.15, 0.2) is 218 Å². The molecule has 9 aromatic carbocycles. The van der Waals surface area contributed by atoms with Gasteiger partial charge >= 0.3 is 0 Å². The Labute approximate surface area is 325 Å². The molecule has 2 nitrogen and oxygen atoms in total. The molecule has 0 saturated heterocycles. The topological polar surface area (TPSA) is 9.86 Å². The van der Waals surface area contributed by atoms with Crippen LogP contribution in [0.1, 0.15) is 0 Å². The summed E-state index contributed by atoms with van der Waals surface area (Å²) in [6.07, 6.45) is 0. The number of fused-ring (bicyclic) bond motifs is 6. The van der Waals surface area contributed by atoms with Crippen molar-refractivity contribution in [2.75, 3.05) is 0 Å². The smallest absolute Gasteiger partial charge is 0.0541 e. The van der Waals surface area contributed by atoms with Crippen molar-refractivity contribution in [2.24, 2.45) is 0 Å². The summed E-state index contributed by atoms with van der Waals surface area (Å²) in [5.41, 5.74) is 16.8. The van der Waals surface area contributed by atoms with Gasteiger partial charge in [-0.05, 0) is 117 Å². The molecule has 0 atom stereocenters. The molecule has 11 rings (SSSR count). The van der Waals surface area contributed by atoms with Crippen molar-refractivity contribution >= 4 is 43.6 Å². The Balaban J connectivity index is 1.000. The molecule has 2 heteroatoms. The lowest BCUT2D eigenvalue weighted by atomic mass is 9.93. The Morgan fingerprint density at radius 1 is 0.196 bits per heavy atom. The monoisotopic (exact) mass is 712 g/mol. The minimum absolute atomic E-state index is 1.14. The van der Waals surface area contributed by atoms with Gasteiger partial charge in [-0.3, -0.25) is 0 Å². The van der Waals surface area contributed by atoms with Crippen LogP contribution in [-0.2, 0) is 0 Å². The summed E-state index contributed by atoms with van der Waals surface area (Å²) in [6.45, 7) is 0. The van der Waals surface area contributed by atoms with E-state index in [1.54, 1.807) is 0 Å². The zero-order chi connectivity index (χ0) is 37.0. The van der Waals surface area contributed by atoms with E-state index in [-0.39, 0.29) is 0 Å². The average Bonchev–Trinajstić information content (AvgIpc) is 3.80. The maximum absolute atomic E-state index is 2.41. The number of aromatic nitrogens is 2. The first kappa shape index (κ1) is 32.0. The lowest BCUT2D eigenvalue weighted by molar-refractivity contribution is 1.18. The predicted octanol–water partition coefficient (Wildman–Crippen LogP) is 14.5. The normalized spacial score (nSPS) is 11.6. The molecule has 262 valence electrons. The van der Waals surface area contributed by atoms with Gasteiger partial charge in [-0.2, -0.15) is 0 Å². The Kier molecular flexibility index (Phi) is 7.53. The molecule has 0 bridgehead atoms. The predicted molar refractivity (Wildman–Crippen MR) is 237 cm³/mol. The van der Waals surface area contributed by atoms with E-state index in [2.05, 4.69) is 228 Å². The fraction of sp³-hybridized carbons (Fsp3) is 0.